The van der Waals surface area contributed by atoms with E-state index in [0.717, 1.165) is 42.7 Å². The topological polar surface area (TPSA) is 51.4 Å². The van der Waals surface area contributed by atoms with Gasteiger partial charge in [0.2, 0.25) is 0 Å². The molecule has 0 radical (unpaired) electrons. The number of nitrogens with two attached hydrogens (primary N) is 1. The predicted octanol–water partition coefficient (Wildman–Crippen LogP) is 2.43. The van der Waals surface area contributed by atoms with E-state index >= 15 is 0 Å². The number of pyridine rings is 1. The van der Waals surface area contributed by atoms with Crippen molar-refractivity contribution in [3.05, 3.63) is 30.5 Å². The van der Waals surface area contributed by atoms with Crippen molar-refractivity contribution >= 4 is 22.3 Å². The van der Waals surface area contributed by atoms with Crippen molar-refractivity contribution in [3.8, 4) is 0 Å². The number of para-hydroxylation sites is 1. The Morgan fingerprint density at radius 1 is 1.37 bits per heavy atom. The lowest BCUT2D eigenvalue weighted by atomic mass is 10.1. The molecule has 0 aliphatic carbocycles. The molecule has 2 heterocycles. The maximum atomic E-state index is 6.01. The molecule has 4 heteroatoms. The number of nitrogen functional groups attached to an aromatic ring is 1. The van der Waals surface area contributed by atoms with Gasteiger partial charge in [0.15, 0.2) is 0 Å². The van der Waals surface area contributed by atoms with Gasteiger partial charge in [-0.05, 0) is 25.5 Å². The fraction of sp³-hybridized carbons (Fsp3) is 0.400. The molecule has 0 bridgehead atoms. The largest absolute Gasteiger partial charge is 0.397 e. The third-order valence-corrected chi connectivity index (χ3v) is 3.57. The van der Waals surface area contributed by atoms with Gasteiger partial charge in [0.25, 0.3) is 0 Å². The minimum Gasteiger partial charge on any atom is -0.397 e. The highest BCUT2D eigenvalue weighted by molar-refractivity contribution is 5.98. The van der Waals surface area contributed by atoms with Crippen LogP contribution in [-0.4, -0.2) is 30.8 Å². The van der Waals surface area contributed by atoms with Gasteiger partial charge >= 0.3 is 0 Å². The van der Waals surface area contributed by atoms with Gasteiger partial charge in [0.1, 0.15) is 0 Å². The van der Waals surface area contributed by atoms with Crippen molar-refractivity contribution in [1.29, 1.82) is 0 Å². The van der Waals surface area contributed by atoms with Crippen LogP contribution in [0.25, 0.3) is 10.9 Å². The van der Waals surface area contributed by atoms with Crippen molar-refractivity contribution in [3.63, 3.8) is 0 Å². The molecule has 1 aromatic heterocycles. The number of nitrogens with zero attached hydrogens (tertiary/aromatic N) is 2. The van der Waals surface area contributed by atoms with E-state index in [1.165, 1.54) is 5.69 Å². The van der Waals surface area contributed by atoms with Crippen molar-refractivity contribution in [2.45, 2.75) is 19.4 Å². The van der Waals surface area contributed by atoms with Gasteiger partial charge in [0, 0.05) is 37.0 Å². The highest BCUT2D eigenvalue weighted by Crippen LogP contribution is 2.29. The molecule has 3 rings (SSSR count). The van der Waals surface area contributed by atoms with E-state index in [4.69, 9.17) is 10.5 Å². The van der Waals surface area contributed by atoms with E-state index in [-0.39, 0.29) is 6.10 Å². The summed E-state index contributed by atoms with van der Waals surface area (Å²) in [5.41, 5.74) is 8.83. The van der Waals surface area contributed by atoms with Gasteiger partial charge in [-0.2, -0.15) is 0 Å². The number of hydrogen-bond donors (Lipinski definition) is 1. The molecule has 1 saturated heterocycles. The van der Waals surface area contributed by atoms with Gasteiger partial charge < -0.3 is 15.4 Å². The zero-order valence-electron chi connectivity index (χ0n) is 11.2. The molecule has 4 nitrogen and oxygen atoms in total. The highest BCUT2D eigenvalue weighted by atomic mass is 16.5. The lowest BCUT2D eigenvalue weighted by molar-refractivity contribution is 0.0821. The lowest BCUT2D eigenvalue weighted by Gasteiger charge is -2.25. The number of rotatable bonds is 1. The maximum absolute atomic E-state index is 6.01. The molecule has 0 saturated carbocycles. The maximum Gasteiger partial charge on any atom is 0.0951 e. The minimum atomic E-state index is 0.256. The average Bonchev–Trinajstić information content (AvgIpc) is 2.63. The number of anilines is 2. The highest BCUT2D eigenvalue weighted by Gasteiger charge is 2.17. The second-order valence-electron chi connectivity index (χ2n) is 5.05. The van der Waals surface area contributed by atoms with E-state index in [1.807, 2.05) is 18.3 Å². The van der Waals surface area contributed by atoms with Gasteiger partial charge in [-0.3, -0.25) is 4.98 Å². The molecule has 1 aromatic carbocycles. The summed E-state index contributed by atoms with van der Waals surface area (Å²) in [6, 6.07) is 8.04. The van der Waals surface area contributed by atoms with Crippen LogP contribution in [0.5, 0.6) is 0 Å². The Bertz CT molecular complexity index is 585. The van der Waals surface area contributed by atoms with E-state index in [1.54, 1.807) is 0 Å². The molecular weight excluding hydrogens is 238 g/mol. The average molecular weight is 257 g/mol. The van der Waals surface area contributed by atoms with Crippen LogP contribution in [0.4, 0.5) is 11.4 Å². The zero-order valence-corrected chi connectivity index (χ0v) is 11.2. The van der Waals surface area contributed by atoms with Crippen LogP contribution in [0.15, 0.2) is 30.5 Å². The normalized spacial score (nSPS) is 20.5. The molecule has 1 unspecified atom stereocenters. The standard InChI is InChI=1S/C15H19N3O/c1-11-10-18(8-3-9-19-11)14-6-7-17-15-12(14)4-2-5-13(15)16/h2,4-7,11H,3,8-10,16H2,1H3. The minimum absolute atomic E-state index is 0.256. The molecule has 2 aromatic rings. The van der Waals surface area contributed by atoms with Crippen molar-refractivity contribution in [2.75, 3.05) is 30.3 Å². The Kier molecular flexibility index (Phi) is 3.25. The SMILES string of the molecule is CC1CN(c2ccnc3c(N)cccc23)CCCO1. The number of ether oxygens (including phenoxy) is 1. The van der Waals surface area contributed by atoms with Crippen LogP contribution in [0, 0.1) is 0 Å². The van der Waals surface area contributed by atoms with Crippen LogP contribution < -0.4 is 10.6 Å². The van der Waals surface area contributed by atoms with Gasteiger partial charge in [-0.15, -0.1) is 0 Å². The Labute approximate surface area is 113 Å². The lowest BCUT2D eigenvalue weighted by Crippen LogP contribution is -2.30. The zero-order chi connectivity index (χ0) is 13.2. The van der Waals surface area contributed by atoms with Crippen molar-refractivity contribution in [2.24, 2.45) is 0 Å². The first-order valence-electron chi connectivity index (χ1n) is 6.75. The van der Waals surface area contributed by atoms with Crippen LogP contribution in [0.2, 0.25) is 0 Å². The quantitative estimate of drug-likeness (QED) is 0.797. The summed E-state index contributed by atoms with van der Waals surface area (Å²) in [6.07, 6.45) is 3.15. The van der Waals surface area contributed by atoms with Gasteiger partial charge in [-0.1, -0.05) is 12.1 Å². The molecular formula is C15H19N3O. The first kappa shape index (κ1) is 12.2. The fourth-order valence-electron chi connectivity index (χ4n) is 2.67. The molecule has 1 fully saturated rings. The number of hydrogen-bond acceptors (Lipinski definition) is 4. The summed E-state index contributed by atoms with van der Waals surface area (Å²) in [5.74, 6) is 0. The van der Waals surface area contributed by atoms with E-state index in [0.29, 0.717) is 0 Å². The van der Waals surface area contributed by atoms with Crippen molar-refractivity contribution in [1.82, 2.24) is 4.98 Å². The Balaban J connectivity index is 2.06. The van der Waals surface area contributed by atoms with Gasteiger partial charge in [0.05, 0.1) is 17.3 Å². The number of fused-ring (bicyclic) bond motifs is 1. The summed E-state index contributed by atoms with van der Waals surface area (Å²) in [7, 11) is 0. The monoisotopic (exact) mass is 257 g/mol. The first-order valence-corrected chi connectivity index (χ1v) is 6.75. The molecule has 1 aliphatic rings. The van der Waals surface area contributed by atoms with E-state index in [2.05, 4.69) is 28.9 Å². The molecule has 100 valence electrons. The number of aromatic nitrogens is 1. The van der Waals surface area contributed by atoms with Crippen LogP contribution in [-0.2, 0) is 4.74 Å². The third kappa shape index (κ3) is 2.36. The molecule has 1 aliphatic heterocycles. The molecule has 0 amide bonds. The second kappa shape index (κ2) is 5.05. The summed E-state index contributed by atoms with van der Waals surface area (Å²) in [6.45, 7) is 4.88. The summed E-state index contributed by atoms with van der Waals surface area (Å²) in [5, 5.41) is 1.12. The van der Waals surface area contributed by atoms with Crippen LogP contribution in [0.1, 0.15) is 13.3 Å². The Morgan fingerprint density at radius 2 is 2.26 bits per heavy atom. The Hall–Kier alpha value is -1.81. The van der Waals surface area contributed by atoms with Crippen molar-refractivity contribution < 1.29 is 4.74 Å². The second-order valence-corrected chi connectivity index (χ2v) is 5.05. The summed E-state index contributed by atoms with van der Waals surface area (Å²) in [4.78, 5) is 6.77. The predicted molar refractivity (Wildman–Crippen MR) is 78.4 cm³/mol. The van der Waals surface area contributed by atoms with E-state index in [9.17, 15) is 0 Å². The van der Waals surface area contributed by atoms with Crippen LogP contribution >= 0.6 is 0 Å². The smallest absolute Gasteiger partial charge is 0.0951 e. The fourth-order valence-corrected chi connectivity index (χ4v) is 2.67. The van der Waals surface area contributed by atoms with Gasteiger partial charge in [-0.25, -0.2) is 0 Å². The molecule has 0 spiro atoms. The molecule has 1 atom stereocenters. The summed E-state index contributed by atoms with van der Waals surface area (Å²) < 4.78 is 5.71. The van der Waals surface area contributed by atoms with E-state index < -0.39 is 0 Å². The third-order valence-electron chi connectivity index (χ3n) is 3.57. The van der Waals surface area contributed by atoms with Crippen LogP contribution in [0.3, 0.4) is 0 Å². The molecule has 19 heavy (non-hydrogen) atoms. The summed E-state index contributed by atoms with van der Waals surface area (Å²) >= 11 is 0. The Morgan fingerprint density at radius 3 is 3.16 bits per heavy atom. The first-order chi connectivity index (χ1) is 9.25. The molecule has 2 N–H and O–H groups in total. The number of benzene rings is 1.